The molecule has 3 aliphatic carbocycles. The zero-order valence-electron chi connectivity index (χ0n) is 87.2. The summed E-state index contributed by atoms with van der Waals surface area (Å²) in [6, 6.07) is 0. The summed E-state index contributed by atoms with van der Waals surface area (Å²) in [6.07, 6.45) is 123. The molecule has 3 rings (SSSR count). The summed E-state index contributed by atoms with van der Waals surface area (Å²) in [5, 5.41) is 0. The summed E-state index contributed by atoms with van der Waals surface area (Å²) in [7, 11) is 0. The molecule has 0 saturated heterocycles. The third-order valence-corrected chi connectivity index (χ3v) is 21.6. The molecule has 0 N–H and O–H groups in total. The Kier molecular flexibility index (Phi) is 73.5. The molecular weight excluding hydrogens is 1610 g/mol. The van der Waals surface area contributed by atoms with Crippen LogP contribution in [0.15, 0.2) is 443 Å². The van der Waals surface area contributed by atoms with E-state index in [9.17, 15) is 0 Å². The third kappa shape index (κ3) is 70.2. The summed E-state index contributed by atoms with van der Waals surface area (Å²) >= 11 is 0. The van der Waals surface area contributed by atoms with Gasteiger partial charge in [-0.3, -0.25) is 6.58 Å². The summed E-state index contributed by atoms with van der Waals surface area (Å²) < 4.78 is 0. The average molecular weight is 1800 g/mol. The van der Waals surface area contributed by atoms with Gasteiger partial charge in [0.25, 0.3) is 0 Å². The average Bonchev–Trinajstić information content (AvgIpc) is 0.832. The maximum Gasteiger partial charge on any atom is 0 e. The molecule has 0 aromatic carbocycles. The molecule has 0 unspecified atom stereocenters. The Morgan fingerprint density at radius 3 is 0.734 bits per heavy atom. The van der Waals surface area contributed by atoms with E-state index >= 15 is 0 Å². The predicted molar refractivity (Wildman–Crippen MR) is 588 cm³/mol. The number of hydrogen-bond acceptors (Lipinski definition) is 0. The van der Waals surface area contributed by atoms with Crippen molar-refractivity contribution in [3.63, 3.8) is 0 Å². The second-order valence-corrected chi connectivity index (χ2v) is 37.4. The molecule has 128 heavy (non-hydrogen) atoms. The van der Waals surface area contributed by atoms with Gasteiger partial charge in [-0.2, -0.15) is 0 Å². The van der Waals surface area contributed by atoms with Gasteiger partial charge in [0, 0.05) is 32.7 Å². The first-order valence-corrected chi connectivity index (χ1v) is 46.8. The minimum absolute atomic E-state index is 0. The van der Waals surface area contributed by atoms with Gasteiger partial charge in [-0.15, -0.1) is 6.08 Å². The molecule has 0 atom stereocenters. The normalized spacial score (nSPS) is 17.7. The molecule has 695 valence electrons. The number of hydrogen-bond donors (Lipinski definition) is 0. The molecule has 0 spiro atoms. The number of allylic oxidation sites excluding steroid dienone is 75. The Bertz CT molecular complexity index is 4610. The second kappa shape index (κ2) is 75.0. The second-order valence-electron chi connectivity index (χ2n) is 37.4. The Morgan fingerprint density at radius 2 is 0.484 bits per heavy atom. The van der Waals surface area contributed by atoms with Crippen molar-refractivity contribution in [3.05, 3.63) is 450 Å². The van der Waals surface area contributed by atoms with Gasteiger partial charge < -0.3 is 0 Å². The molecule has 3 aliphatic rings. The van der Waals surface area contributed by atoms with Crippen LogP contribution >= 0.6 is 0 Å². The van der Waals surface area contributed by atoms with Crippen molar-refractivity contribution in [2.24, 2.45) is 16.2 Å². The van der Waals surface area contributed by atoms with E-state index in [2.05, 4.69) is 507 Å². The van der Waals surface area contributed by atoms with Crippen LogP contribution in [0.25, 0.3) is 0 Å². The summed E-state index contributed by atoms with van der Waals surface area (Å²) in [5.74, 6) is 0. The Labute approximate surface area is 818 Å². The topological polar surface area (TPSA) is 0 Å². The van der Waals surface area contributed by atoms with Gasteiger partial charge >= 0.3 is 0 Å². The van der Waals surface area contributed by atoms with Crippen LogP contribution in [0.4, 0.5) is 0 Å². The first-order chi connectivity index (χ1) is 59.4. The van der Waals surface area contributed by atoms with Gasteiger partial charge in [0.15, 0.2) is 0 Å². The maximum atomic E-state index is 5.60. The fourth-order valence-electron chi connectivity index (χ4n) is 13.5. The Balaban J connectivity index is -0.000000756. The van der Waals surface area contributed by atoms with Crippen LogP contribution in [0.3, 0.4) is 0 Å². The van der Waals surface area contributed by atoms with E-state index < -0.39 is 0 Å². The van der Waals surface area contributed by atoms with Gasteiger partial charge in [-0.05, 0) is 303 Å². The zero-order chi connectivity index (χ0) is 95.5. The van der Waals surface area contributed by atoms with E-state index in [1.807, 2.05) is 32.1 Å². The smallest absolute Gasteiger partial charge is 0 e. The maximum absolute atomic E-state index is 5.60. The van der Waals surface area contributed by atoms with Gasteiger partial charge in [0.2, 0.25) is 0 Å². The van der Waals surface area contributed by atoms with E-state index in [-0.39, 0.29) is 40.1 Å². The molecule has 1 heteroatoms. The van der Waals surface area contributed by atoms with Gasteiger partial charge in [-0.1, -0.05) is 465 Å². The van der Waals surface area contributed by atoms with Crippen molar-refractivity contribution in [2.75, 3.05) is 0 Å². The van der Waals surface area contributed by atoms with Crippen molar-refractivity contribution in [1.82, 2.24) is 0 Å². The van der Waals surface area contributed by atoms with E-state index in [4.69, 9.17) is 6.58 Å². The standard InChI is InChI=1S/2C30H42.C27H38.C20H30.C19H27.CH4.Y/c1-9-24(2)19-20-26(4)15-11-10-14-25(3)16-12-17-27(5)21-22-29-28(6)18-13-23-30(29,7)8;1-25(2)15-11-19-27(5)17-9-10-18-28(6)21-13-23-30(8)24-14-22-29(7)20-12-16-26(3)4;1-8-14-24(4)16-9-10-17-25(5)19-12-21-27(7)22-13-20-26(6)18-11-15-23(2)3;1-7-16(2)10-8-11-17(3)13-14-19-18(4)12-9-15-20(19,5)6;1-15(2)9-7-10-16(3)12-13-18-17(4)11-8-14-19(18,5)6;;/h9-12,14-17,19-22H,13,18,23H2,1-8H3;9-11,13-19,21-24H,12,20H2,1-8H3;8-10,12-17,19-22H,11,18H2,1-7H3;7-8,10-11,13-14H,9,12,15H2,1-6H3;1,7,9-10,12-13H,8,11,14H2,2-6H3;1H4;/q;;;;-1;;/b11-10+,16-12+,20-19+,22-21+,24-9+,25-14+,26-15+,27-17+;10-9+,19-11+,21-13+,24-14+,27-17+,28-18+,29-22+,30-23+;10-9+,14-8+,19-12+,22-13+,24-16+,25-17+,26-20+,27-21+;10-8+,14-13+,16-7+,17-11+;9-7-,13-12+,16-10+;;. The molecule has 0 aromatic heterocycles. The van der Waals surface area contributed by atoms with Crippen LogP contribution < -0.4 is 0 Å². The van der Waals surface area contributed by atoms with Crippen LogP contribution in [-0.2, 0) is 32.7 Å². The van der Waals surface area contributed by atoms with Crippen molar-refractivity contribution >= 4 is 0 Å². The molecule has 0 bridgehead atoms. The molecule has 1 radical (unpaired) electrons. The SMILES string of the molecule is C.C/C=C(C)/C=C/C(C)=C/C=C/C=C(C)/C=C/C=C(C)/C=C/C1=C(C)CCCC1(C)C.C/C=C(C)/C=C/C=C(C)/C=C/C1=C(C)CCCC1(C)C.C/C=C/C(C)=C/C=C/C=C(C)/C=C/C=C(C)/C=C/C=C(\C)CCC=C(C)C.CC(C)=C/C=C/C(C)=C/C=C/C=C(C)/C=C/C=C(C)/C=C/C=C(\C)CCC=C(C)C.[CH-]=C(C)\C=C/C=C(C)/C=C/C1=C(C)CCCC1(C)C.[Y]. The van der Waals surface area contributed by atoms with Crippen molar-refractivity contribution in [3.8, 4) is 0 Å². The monoisotopic (exact) mass is 1800 g/mol. The molecule has 0 saturated carbocycles. The zero-order valence-corrected chi connectivity index (χ0v) is 90.1. The quantitative estimate of drug-likeness (QED) is 0.0330. The molecule has 0 aliphatic heterocycles. The van der Waals surface area contributed by atoms with Gasteiger partial charge in [0.05, 0.1) is 0 Å². The third-order valence-electron chi connectivity index (χ3n) is 21.6. The van der Waals surface area contributed by atoms with Crippen LogP contribution in [0.2, 0.25) is 0 Å². The van der Waals surface area contributed by atoms with E-state index in [0.717, 1.165) is 31.3 Å². The summed E-state index contributed by atoms with van der Waals surface area (Å²) in [5.41, 5.74) is 34.2. The summed E-state index contributed by atoms with van der Waals surface area (Å²) in [6.45, 7) is 79.5. The van der Waals surface area contributed by atoms with Crippen LogP contribution in [0.1, 0.15) is 326 Å². The fourth-order valence-corrected chi connectivity index (χ4v) is 13.5. The Morgan fingerprint density at radius 1 is 0.266 bits per heavy atom. The van der Waals surface area contributed by atoms with Crippen molar-refractivity contribution in [2.45, 2.75) is 326 Å². The molecular formula is C127H183Y-. The molecule has 0 fully saturated rings. The molecule has 0 heterocycles. The molecule has 0 amide bonds. The van der Waals surface area contributed by atoms with Gasteiger partial charge in [-0.25, -0.2) is 11.6 Å². The molecule has 0 nitrogen and oxygen atoms in total. The van der Waals surface area contributed by atoms with E-state index in [1.54, 1.807) is 16.7 Å². The van der Waals surface area contributed by atoms with E-state index in [0.29, 0.717) is 16.2 Å². The van der Waals surface area contributed by atoms with Gasteiger partial charge in [0.1, 0.15) is 0 Å². The minimum atomic E-state index is 0. The summed E-state index contributed by atoms with van der Waals surface area (Å²) in [4.78, 5) is 0. The van der Waals surface area contributed by atoms with Crippen LogP contribution in [0, 0.1) is 22.8 Å². The van der Waals surface area contributed by atoms with Crippen molar-refractivity contribution < 1.29 is 32.7 Å². The van der Waals surface area contributed by atoms with Crippen molar-refractivity contribution in [1.29, 1.82) is 0 Å². The first kappa shape index (κ1) is 126. The fraction of sp³-hybridized carbons (Fsp3) is 0.402. The van der Waals surface area contributed by atoms with Crippen LogP contribution in [0.5, 0.6) is 0 Å². The first-order valence-electron chi connectivity index (χ1n) is 46.8. The Hall–Kier alpha value is -8.78. The minimum Gasteiger partial charge on any atom is -0.290 e. The predicted octanol–water partition coefficient (Wildman–Crippen LogP) is 41.1. The molecule has 0 aromatic rings. The van der Waals surface area contributed by atoms with Crippen LogP contribution in [-0.4, -0.2) is 0 Å². The largest absolute Gasteiger partial charge is 0.290 e. The number of rotatable bonds is 37. The van der Waals surface area contributed by atoms with E-state index in [1.165, 1.54) is 175 Å².